The van der Waals surface area contributed by atoms with Gasteiger partial charge in [0.15, 0.2) is 0 Å². The summed E-state index contributed by atoms with van der Waals surface area (Å²) in [4.78, 5) is 31.1. The molecule has 1 amide bonds. The highest BCUT2D eigenvalue weighted by Crippen LogP contribution is 2.21. The molecular weight excluding hydrogens is 412 g/mol. The smallest absolute Gasteiger partial charge is 0.257 e. The van der Waals surface area contributed by atoms with E-state index in [1.807, 2.05) is 60.7 Å². The van der Waals surface area contributed by atoms with E-state index in [9.17, 15) is 9.59 Å². The molecule has 1 aromatic heterocycles. The van der Waals surface area contributed by atoms with E-state index in [0.717, 1.165) is 22.9 Å². The molecule has 0 fully saturated rings. The van der Waals surface area contributed by atoms with Crippen molar-refractivity contribution in [1.29, 1.82) is 0 Å². The van der Waals surface area contributed by atoms with Crippen LogP contribution in [0.3, 0.4) is 0 Å². The van der Waals surface area contributed by atoms with Gasteiger partial charge in [0.25, 0.3) is 11.5 Å². The van der Waals surface area contributed by atoms with Crippen molar-refractivity contribution in [3.05, 3.63) is 111 Å². The second kappa shape index (κ2) is 10.2. The van der Waals surface area contributed by atoms with Gasteiger partial charge in [-0.05, 0) is 59.7 Å². The third kappa shape index (κ3) is 5.14. The first-order valence-corrected chi connectivity index (χ1v) is 11.2. The summed E-state index contributed by atoms with van der Waals surface area (Å²) in [5.74, 6) is 0.359. The van der Waals surface area contributed by atoms with Crippen LogP contribution in [0.15, 0.2) is 83.7 Å². The number of nitrogens with zero attached hydrogens (tertiary/aromatic N) is 1. The van der Waals surface area contributed by atoms with Crippen molar-refractivity contribution >= 4 is 16.8 Å². The lowest BCUT2D eigenvalue weighted by Crippen LogP contribution is -2.34. The summed E-state index contributed by atoms with van der Waals surface area (Å²) >= 11 is 0. The number of aryl methyl sites for hydroxylation is 1. The minimum atomic E-state index is -0.177. The third-order valence-electron chi connectivity index (χ3n) is 5.89. The molecule has 5 heteroatoms. The quantitative estimate of drug-likeness (QED) is 0.420. The number of aromatic amines is 1. The molecule has 0 aliphatic heterocycles. The molecule has 0 saturated heterocycles. The Balaban J connectivity index is 1.68. The highest BCUT2D eigenvalue weighted by Gasteiger charge is 2.21. The zero-order valence-corrected chi connectivity index (χ0v) is 19.0. The number of pyridine rings is 1. The second-order valence-corrected chi connectivity index (χ2v) is 8.06. The van der Waals surface area contributed by atoms with Crippen LogP contribution in [0.4, 0.5) is 0 Å². The lowest BCUT2D eigenvalue weighted by molar-refractivity contribution is 0.0741. The number of carbonyl (C=O) groups excluding carboxylic acids is 1. The van der Waals surface area contributed by atoms with Crippen LogP contribution in [0.25, 0.3) is 10.9 Å². The van der Waals surface area contributed by atoms with Crippen molar-refractivity contribution < 1.29 is 9.53 Å². The van der Waals surface area contributed by atoms with Crippen LogP contribution in [0.1, 0.15) is 34.0 Å². The summed E-state index contributed by atoms with van der Waals surface area (Å²) in [5, 5.41) is 0.969. The van der Waals surface area contributed by atoms with Gasteiger partial charge in [0.2, 0.25) is 0 Å². The first-order chi connectivity index (χ1) is 16.1. The second-order valence-electron chi connectivity index (χ2n) is 8.06. The topological polar surface area (TPSA) is 62.4 Å². The summed E-state index contributed by atoms with van der Waals surface area (Å²) in [7, 11) is 1.56. The van der Waals surface area contributed by atoms with E-state index >= 15 is 0 Å². The number of amides is 1. The Hall–Kier alpha value is -3.86. The number of methoxy groups -OCH3 is 1. The van der Waals surface area contributed by atoms with Gasteiger partial charge in [0, 0.05) is 17.6 Å². The largest absolute Gasteiger partial charge is 0.496 e. The minimum Gasteiger partial charge on any atom is -0.496 e. The number of rotatable bonds is 8. The summed E-state index contributed by atoms with van der Waals surface area (Å²) in [6.07, 6.45) is 1.60. The molecule has 1 N–H and O–H groups in total. The first-order valence-electron chi connectivity index (χ1n) is 11.2. The van der Waals surface area contributed by atoms with Gasteiger partial charge in [-0.25, -0.2) is 0 Å². The van der Waals surface area contributed by atoms with Crippen LogP contribution in [0, 0.1) is 0 Å². The third-order valence-corrected chi connectivity index (χ3v) is 5.89. The van der Waals surface area contributed by atoms with Gasteiger partial charge < -0.3 is 14.6 Å². The Morgan fingerprint density at radius 1 is 0.939 bits per heavy atom. The number of carbonyl (C=O) groups is 1. The Morgan fingerprint density at radius 2 is 1.70 bits per heavy atom. The molecule has 33 heavy (non-hydrogen) atoms. The summed E-state index contributed by atoms with van der Waals surface area (Å²) in [6.45, 7) is 2.80. The molecule has 4 rings (SSSR count). The Labute approximate surface area is 193 Å². The van der Waals surface area contributed by atoms with E-state index in [4.69, 9.17) is 4.74 Å². The van der Waals surface area contributed by atoms with Crippen LogP contribution in [0.2, 0.25) is 0 Å². The monoisotopic (exact) mass is 440 g/mol. The average molecular weight is 441 g/mol. The van der Waals surface area contributed by atoms with Gasteiger partial charge in [0.1, 0.15) is 5.75 Å². The van der Waals surface area contributed by atoms with E-state index in [1.165, 1.54) is 5.56 Å². The maximum atomic E-state index is 13.6. The van der Waals surface area contributed by atoms with Gasteiger partial charge in [-0.3, -0.25) is 9.59 Å². The zero-order chi connectivity index (χ0) is 23.2. The molecule has 0 spiro atoms. The fourth-order valence-electron chi connectivity index (χ4n) is 4.00. The number of aromatic nitrogens is 1. The highest BCUT2D eigenvalue weighted by molar-refractivity contribution is 5.97. The Morgan fingerprint density at radius 3 is 2.45 bits per heavy atom. The predicted molar refractivity (Wildman–Crippen MR) is 132 cm³/mol. The lowest BCUT2D eigenvalue weighted by Gasteiger charge is -2.24. The predicted octanol–water partition coefficient (Wildman–Crippen LogP) is 4.98. The van der Waals surface area contributed by atoms with Crippen molar-refractivity contribution in [3.8, 4) is 5.75 Å². The van der Waals surface area contributed by atoms with Crippen LogP contribution >= 0.6 is 0 Å². The Bertz CT molecular complexity index is 1310. The van der Waals surface area contributed by atoms with Crippen molar-refractivity contribution in [2.75, 3.05) is 13.7 Å². The number of hydrogen-bond donors (Lipinski definition) is 1. The molecule has 4 aromatic rings. The molecule has 168 valence electrons. The molecule has 5 nitrogen and oxygen atoms in total. The zero-order valence-electron chi connectivity index (χ0n) is 19.0. The maximum absolute atomic E-state index is 13.6. The van der Waals surface area contributed by atoms with Crippen LogP contribution in [-0.4, -0.2) is 29.4 Å². The number of hydrogen-bond acceptors (Lipinski definition) is 3. The first kappa shape index (κ1) is 22.3. The molecule has 0 radical (unpaired) electrons. The minimum absolute atomic E-state index is 0.162. The molecule has 0 aliphatic rings. The molecule has 1 heterocycles. The summed E-state index contributed by atoms with van der Waals surface area (Å²) < 4.78 is 5.42. The van der Waals surface area contributed by atoms with E-state index in [1.54, 1.807) is 24.1 Å². The van der Waals surface area contributed by atoms with Crippen LogP contribution in [-0.2, 0) is 19.4 Å². The standard InChI is InChI=1S/C28H28N2O3/c1-3-20-13-14-25-22(17-20)18-23(27(31)29-25)19-30(16-15-21-9-5-4-6-10-21)28(32)24-11-7-8-12-26(24)33-2/h4-14,17-18H,3,15-16,19H2,1-2H3,(H,29,31). The van der Waals surface area contributed by atoms with E-state index in [2.05, 4.69) is 18.0 Å². The number of nitrogens with one attached hydrogen (secondary N) is 1. The fraction of sp³-hybridized carbons (Fsp3) is 0.214. The van der Waals surface area contributed by atoms with Crippen molar-refractivity contribution in [2.45, 2.75) is 26.3 Å². The van der Waals surface area contributed by atoms with Gasteiger partial charge in [0.05, 0.1) is 19.2 Å². The van der Waals surface area contributed by atoms with Gasteiger partial charge in [-0.15, -0.1) is 0 Å². The van der Waals surface area contributed by atoms with E-state index < -0.39 is 0 Å². The highest BCUT2D eigenvalue weighted by atomic mass is 16.5. The summed E-state index contributed by atoms with van der Waals surface area (Å²) in [5.41, 5.74) is 4.00. The fourth-order valence-corrected chi connectivity index (χ4v) is 4.00. The van der Waals surface area contributed by atoms with Gasteiger partial charge in [-0.2, -0.15) is 0 Å². The number of fused-ring (bicyclic) bond motifs is 1. The number of ether oxygens (including phenoxy) is 1. The van der Waals surface area contributed by atoms with E-state index in [0.29, 0.717) is 29.8 Å². The summed E-state index contributed by atoms with van der Waals surface area (Å²) in [6, 6.07) is 25.2. The molecular formula is C28H28N2O3. The van der Waals surface area contributed by atoms with Crippen LogP contribution in [0.5, 0.6) is 5.75 Å². The van der Waals surface area contributed by atoms with Crippen molar-refractivity contribution in [2.24, 2.45) is 0 Å². The molecule has 0 unspecified atom stereocenters. The maximum Gasteiger partial charge on any atom is 0.257 e. The van der Waals surface area contributed by atoms with Crippen molar-refractivity contribution in [3.63, 3.8) is 0 Å². The van der Waals surface area contributed by atoms with Crippen LogP contribution < -0.4 is 10.3 Å². The number of H-pyrrole nitrogens is 1. The molecule has 0 saturated carbocycles. The molecule has 0 atom stereocenters. The lowest BCUT2D eigenvalue weighted by atomic mass is 10.1. The number of benzene rings is 3. The van der Waals surface area contributed by atoms with E-state index in [-0.39, 0.29) is 18.0 Å². The molecule has 0 bridgehead atoms. The van der Waals surface area contributed by atoms with Gasteiger partial charge >= 0.3 is 0 Å². The van der Waals surface area contributed by atoms with Gasteiger partial charge in [-0.1, -0.05) is 55.5 Å². The molecule has 3 aromatic carbocycles. The SMILES string of the molecule is CCc1ccc2[nH]c(=O)c(CN(CCc3ccccc3)C(=O)c3ccccc3OC)cc2c1. The molecule has 0 aliphatic carbocycles. The van der Waals surface area contributed by atoms with Crippen molar-refractivity contribution in [1.82, 2.24) is 9.88 Å². The average Bonchev–Trinajstić information content (AvgIpc) is 2.86. The normalized spacial score (nSPS) is 10.8. The number of para-hydroxylation sites is 1. The Kier molecular flexibility index (Phi) is 6.89.